The number of aromatic nitrogens is 3. The summed E-state index contributed by atoms with van der Waals surface area (Å²) in [6, 6.07) is 6.30. The molecule has 1 aromatic heterocycles. The summed E-state index contributed by atoms with van der Waals surface area (Å²) in [6.45, 7) is 5.64. The van der Waals surface area contributed by atoms with E-state index in [1.54, 1.807) is 6.07 Å². The summed E-state index contributed by atoms with van der Waals surface area (Å²) in [7, 11) is 0. The Balaban J connectivity index is 1.53. The Morgan fingerprint density at radius 2 is 2.17 bits per heavy atom. The van der Waals surface area contributed by atoms with E-state index in [2.05, 4.69) is 20.4 Å². The van der Waals surface area contributed by atoms with E-state index in [4.69, 9.17) is 9.47 Å². The highest BCUT2D eigenvalue weighted by Crippen LogP contribution is 2.30. The Hall–Kier alpha value is -2.17. The number of halogens is 1. The molecule has 2 saturated heterocycles. The average Bonchev–Trinajstić information content (AvgIpc) is 3.42. The third-order valence-corrected chi connectivity index (χ3v) is 6.20. The topological polar surface area (TPSA) is 81.5 Å². The van der Waals surface area contributed by atoms with E-state index in [0.717, 1.165) is 19.4 Å². The van der Waals surface area contributed by atoms with Crippen molar-refractivity contribution in [2.75, 3.05) is 44.4 Å². The lowest BCUT2D eigenvalue weighted by molar-refractivity contribution is -0.120. The fraction of sp³-hybridized carbons (Fsp3) is 0.550. The number of carbonyl (C=O) groups excluding carboxylic acids is 1. The molecule has 0 bridgehead atoms. The lowest BCUT2D eigenvalue weighted by atomic mass is 10.2. The largest absolute Gasteiger partial charge is 0.378 e. The first-order chi connectivity index (χ1) is 14.6. The number of rotatable bonds is 7. The maximum atomic E-state index is 13.9. The van der Waals surface area contributed by atoms with E-state index in [0.29, 0.717) is 49.6 Å². The van der Waals surface area contributed by atoms with Gasteiger partial charge < -0.3 is 19.7 Å². The number of amides is 1. The number of hydrogen-bond donors (Lipinski definition) is 1. The molecule has 0 unspecified atom stereocenters. The highest BCUT2D eigenvalue weighted by Gasteiger charge is 2.25. The van der Waals surface area contributed by atoms with E-state index in [9.17, 15) is 9.18 Å². The smallest absolute Gasteiger partial charge is 0.233 e. The van der Waals surface area contributed by atoms with Gasteiger partial charge in [0.2, 0.25) is 11.9 Å². The van der Waals surface area contributed by atoms with Gasteiger partial charge in [-0.15, -0.1) is 10.2 Å². The van der Waals surface area contributed by atoms with Crippen molar-refractivity contribution in [1.82, 2.24) is 20.1 Å². The van der Waals surface area contributed by atoms with Crippen LogP contribution in [-0.4, -0.2) is 71.5 Å². The molecule has 0 radical (unpaired) electrons. The fourth-order valence-electron chi connectivity index (χ4n) is 3.52. The van der Waals surface area contributed by atoms with Crippen LogP contribution in [0.2, 0.25) is 0 Å². The van der Waals surface area contributed by atoms with Crippen molar-refractivity contribution in [3.05, 3.63) is 30.1 Å². The molecule has 4 rings (SSSR count). The summed E-state index contributed by atoms with van der Waals surface area (Å²) in [4.78, 5) is 14.6. The zero-order chi connectivity index (χ0) is 20.9. The molecule has 162 valence electrons. The molecule has 3 heterocycles. The van der Waals surface area contributed by atoms with Crippen LogP contribution in [0.4, 0.5) is 10.3 Å². The van der Waals surface area contributed by atoms with Crippen molar-refractivity contribution in [3.63, 3.8) is 0 Å². The van der Waals surface area contributed by atoms with Crippen LogP contribution in [0.25, 0.3) is 5.69 Å². The van der Waals surface area contributed by atoms with Crippen LogP contribution in [0, 0.1) is 5.82 Å². The molecule has 0 saturated carbocycles. The van der Waals surface area contributed by atoms with Crippen LogP contribution in [0.3, 0.4) is 0 Å². The number of carbonyl (C=O) groups is 1. The van der Waals surface area contributed by atoms with Gasteiger partial charge in [0.1, 0.15) is 5.82 Å². The summed E-state index contributed by atoms with van der Waals surface area (Å²) in [5, 5.41) is 11.8. The van der Waals surface area contributed by atoms with E-state index in [1.807, 2.05) is 17.6 Å². The summed E-state index contributed by atoms with van der Waals surface area (Å²) >= 11 is 1.30. The van der Waals surface area contributed by atoms with Crippen molar-refractivity contribution in [2.45, 2.75) is 36.3 Å². The van der Waals surface area contributed by atoms with Gasteiger partial charge in [0, 0.05) is 26.2 Å². The molecule has 1 aromatic carbocycles. The summed E-state index contributed by atoms with van der Waals surface area (Å²) in [5.74, 6) is 0.197. The molecule has 30 heavy (non-hydrogen) atoms. The Bertz CT molecular complexity index is 868. The molecule has 8 nitrogen and oxygen atoms in total. The van der Waals surface area contributed by atoms with Gasteiger partial charge in [0.15, 0.2) is 5.16 Å². The molecular weight excluding hydrogens is 409 g/mol. The Labute approximate surface area is 179 Å². The van der Waals surface area contributed by atoms with Gasteiger partial charge in [-0.05, 0) is 38.0 Å². The number of ether oxygens (including phenoxy) is 2. The lowest BCUT2D eigenvalue weighted by Gasteiger charge is -2.28. The molecule has 2 aliphatic heterocycles. The van der Waals surface area contributed by atoms with Gasteiger partial charge in [-0.25, -0.2) is 4.39 Å². The first kappa shape index (κ1) is 21.1. The van der Waals surface area contributed by atoms with Gasteiger partial charge >= 0.3 is 0 Å². The molecule has 0 aliphatic carbocycles. The van der Waals surface area contributed by atoms with Crippen molar-refractivity contribution in [2.24, 2.45) is 0 Å². The second-order valence-electron chi connectivity index (χ2n) is 7.34. The first-order valence-electron chi connectivity index (χ1n) is 10.2. The van der Waals surface area contributed by atoms with Gasteiger partial charge in [-0.2, -0.15) is 0 Å². The molecule has 1 amide bonds. The van der Waals surface area contributed by atoms with Crippen LogP contribution in [0.15, 0.2) is 29.4 Å². The van der Waals surface area contributed by atoms with Gasteiger partial charge in [0.05, 0.1) is 30.3 Å². The first-order valence-corrected chi connectivity index (χ1v) is 11.1. The number of benzene rings is 1. The monoisotopic (exact) mass is 435 g/mol. The molecular formula is C20H26FN5O3S. The lowest BCUT2D eigenvalue weighted by Crippen LogP contribution is -2.38. The third kappa shape index (κ3) is 4.93. The quantitative estimate of drug-likeness (QED) is 0.667. The standard InChI is InChI=1S/C20H26FN5O3S/c1-14(18(27)22-13-17-6-3-9-29-17)30-20-24-23-19(25-7-10-28-11-8-25)26(20)16-5-2-4-15(21)12-16/h2,4-5,12,14,17H,3,6-11,13H2,1H3,(H,22,27)/t14-,17-/m1/s1. The second kappa shape index (κ2) is 9.76. The van der Waals surface area contributed by atoms with E-state index >= 15 is 0 Å². The maximum Gasteiger partial charge on any atom is 0.233 e. The van der Waals surface area contributed by atoms with Crippen LogP contribution >= 0.6 is 11.8 Å². The summed E-state index contributed by atoms with van der Waals surface area (Å²) in [5.41, 5.74) is 0.621. The molecule has 1 N–H and O–H groups in total. The number of morpholine rings is 1. The Kier molecular flexibility index (Phi) is 6.86. The minimum Gasteiger partial charge on any atom is -0.378 e. The normalized spacial score (nSPS) is 20.3. The van der Waals surface area contributed by atoms with Crippen molar-refractivity contribution < 1.29 is 18.7 Å². The van der Waals surface area contributed by atoms with Crippen molar-refractivity contribution in [3.8, 4) is 5.69 Å². The van der Waals surface area contributed by atoms with E-state index in [1.165, 1.54) is 23.9 Å². The molecule has 10 heteroatoms. The van der Waals surface area contributed by atoms with Gasteiger partial charge in [-0.1, -0.05) is 17.8 Å². The SMILES string of the molecule is C[C@@H](Sc1nnc(N2CCOCC2)n1-c1cccc(F)c1)C(=O)NC[C@H]1CCCO1. The Morgan fingerprint density at radius 3 is 2.90 bits per heavy atom. The molecule has 0 spiro atoms. The highest BCUT2D eigenvalue weighted by molar-refractivity contribution is 8.00. The zero-order valence-electron chi connectivity index (χ0n) is 16.9. The molecule has 2 fully saturated rings. The predicted octanol–water partition coefficient (Wildman–Crippen LogP) is 2.02. The summed E-state index contributed by atoms with van der Waals surface area (Å²) in [6.07, 6.45) is 2.10. The highest BCUT2D eigenvalue weighted by atomic mass is 32.2. The van der Waals surface area contributed by atoms with E-state index in [-0.39, 0.29) is 23.1 Å². The van der Waals surface area contributed by atoms with E-state index < -0.39 is 0 Å². The number of anilines is 1. The third-order valence-electron chi connectivity index (χ3n) is 5.16. The average molecular weight is 436 g/mol. The predicted molar refractivity (Wildman–Crippen MR) is 112 cm³/mol. The number of hydrogen-bond acceptors (Lipinski definition) is 7. The van der Waals surface area contributed by atoms with Gasteiger partial charge in [0.25, 0.3) is 0 Å². The van der Waals surface area contributed by atoms with Crippen LogP contribution < -0.4 is 10.2 Å². The van der Waals surface area contributed by atoms with Crippen molar-refractivity contribution in [1.29, 1.82) is 0 Å². The number of thioether (sulfide) groups is 1. The van der Waals surface area contributed by atoms with Crippen LogP contribution in [0.1, 0.15) is 19.8 Å². The van der Waals surface area contributed by atoms with Crippen LogP contribution in [0.5, 0.6) is 0 Å². The van der Waals surface area contributed by atoms with Gasteiger partial charge in [-0.3, -0.25) is 9.36 Å². The fourth-order valence-corrected chi connectivity index (χ4v) is 4.41. The molecule has 2 aliphatic rings. The number of nitrogens with zero attached hydrogens (tertiary/aromatic N) is 4. The minimum atomic E-state index is -0.388. The molecule has 2 aromatic rings. The zero-order valence-corrected chi connectivity index (χ0v) is 17.7. The maximum absolute atomic E-state index is 13.9. The van der Waals surface area contributed by atoms with Crippen molar-refractivity contribution >= 4 is 23.6 Å². The number of nitrogens with one attached hydrogen (secondary N) is 1. The second-order valence-corrected chi connectivity index (χ2v) is 8.65. The summed E-state index contributed by atoms with van der Waals surface area (Å²) < 4.78 is 26.7. The molecule has 2 atom stereocenters. The minimum absolute atomic E-state index is 0.0859. The Morgan fingerprint density at radius 1 is 1.33 bits per heavy atom. The van der Waals surface area contributed by atoms with Crippen LogP contribution in [-0.2, 0) is 14.3 Å².